The van der Waals surface area contributed by atoms with Crippen molar-refractivity contribution < 1.29 is 4.39 Å². The topological polar surface area (TPSA) is 12.0 Å². The smallest absolute Gasteiger partial charge is 0.123 e. The maximum absolute atomic E-state index is 13.5. The van der Waals surface area contributed by atoms with Crippen LogP contribution in [0.3, 0.4) is 0 Å². The Labute approximate surface area is 131 Å². The standard InChI is InChI=1S/C18H21ClFN/c1-3-21-18(16-12-15(20)8-9-17(16)19)10-7-14-6-4-5-13(2)11-14/h4-6,8-9,11-12,18,21H,3,7,10H2,1-2H3. The summed E-state index contributed by atoms with van der Waals surface area (Å²) in [6.45, 7) is 4.97. The maximum Gasteiger partial charge on any atom is 0.123 e. The van der Waals surface area contributed by atoms with Gasteiger partial charge < -0.3 is 5.32 Å². The van der Waals surface area contributed by atoms with Gasteiger partial charge in [-0.2, -0.15) is 0 Å². The van der Waals surface area contributed by atoms with E-state index in [-0.39, 0.29) is 11.9 Å². The van der Waals surface area contributed by atoms with Gasteiger partial charge in [-0.05, 0) is 55.6 Å². The number of benzene rings is 2. The maximum atomic E-state index is 13.5. The first-order valence-electron chi connectivity index (χ1n) is 7.34. The normalized spacial score (nSPS) is 12.4. The van der Waals surface area contributed by atoms with Crippen LogP contribution in [0.5, 0.6) is 0 Å². The molecule has 0 spiro atoms. The van der Waals surface area contributed by atoms with Crippen LogP contribution in [-0.2, 0) is 6.42 Å². The zero-order valence-corrected chi connectivity index (χ0v) is 13.3. The predicted octanol–water partition coefficient (Wildman–Crippen LogP) is 5.07. The fourth-order valence-electron chi connectivity index (χ4n) is 2.57. The molecule has 0 saturated heterocycles. The van der Waals surface area contributed by atoms with Gasteiger partial charge in [-0.1, -0.05) is 48.4 Å². The molecule has 0 aromatic heterocycles. The van der Waals surface area contributed by atoms with Gasteiger partial charge >= 0.3 is 0 Å². The van der Waals surface area contributed by atoms with E-state index >= 15 is 0 Å². The van der Waals surface area contributed by atoms with E-state index in [2.05, 4.69) is 36.5 Å². The molecule has 2 aromatic rings. The number of hydrogen-bond acceptors (Lipinski definition) is 1. The Morgan fingerprint density at radius 3 is 2.71 bits per heavy atom. The molecule has 0 aliphatic heterocycles. The molecule has 1 atom stereocenters. The van der Waals surface area contributed by atoms with Crippen LogP contribution in [-0.4, -0.2) is 6.54 Å². The molecule has 1 unspecified atom stereocenters. The lowest BCUT2D eigenvalue weighted by molar-refractivity contribution is 0.511. The highest BCUT2D eigenvalue weighted by Crippen LogP contribution is 2.27. The van der Waals surface area contributed by atoms with Crippen LogP contribution in [0.4, 0.5) is 4.39 Å². The third-order valence-electron chi connectivity index (χ3n) is 3.59. The van der Waals surface area contributed by atoms with Crippen molar-refractivity contribution in [3.63, 3.8) is 0 Å². The Morgan fingerprint density at radius 1 is 1.19 bits per heavy atom. The molecular weight excluding hydrogens is 285 g/mol. The fourth-order valence-corrected chi connectivity index (χ4v) is 2.82. The van der Waals surface area contributed by atoms with Crippen molar-refractivity contribution in [2.45, 2.75) is 32.7 Å². The van der Waals surface area contributed by atoms with Crippen molar-refractivity contribution in [3.8, 4) is 0 Å². The van der Waals surface area contributed by atoms with E-state index in [1.54, 1.807) is 6.07 Å². The van der Waals surface area contributed by atoms with Crippen LogP contribution >= 0.6 is 11.6 Å². The average Bonchev–Trinajstić information content (AvgIpc) is 2.46. The van der Waals surface area contributed by atoms with E-state index in [1.165, 1.54) is 23.3 Å². The Balaban J connectivity index is 2.13. The van der Waals surface area contributed by atoms with Crippen LogP contribution in [0.1, 0.15) is 36.1 Å². The van der Waals surface area contributed by atoms with Gasteiger partial charge in [-0.15, -0.1) is 0 Å². The second-order valence-corrected chi connectivity index (χ2v) is 5.71. The van der Waals surface area contributed by atoms with E-state index in [9.17, 15) is 4.39 Å². The van der Waals surface area contributed by atoms with Crippen molar-refractivity contribution in [3.05, 3.63) is 70.0 Å². The number of halogens is 2. The van der Waals surface area contributed by atoms with Crippen molar-refractivity contribution in [2.75, 3.05) is 6.54 Å². The van der Waals surface area contributed by atoms with Gasteiger partial charge in [0, 0.05) is 11.1 Å². The second-order valence-electron chi connectivity index (χ2n) is 5.30. The van der Waals surface area contributed by atoms with Gasteiger partial charge in [-0.25, -0.2) is 4.39 Å². The Hall–Kier alpha value is -1.38. The van der Waals surface area contributed by atoms with E-state index in [0.717, 1.165) is 24.9 Å². The van der Waals surface area contributed by atoms with Crippen LogP contribution < -0.4 is 5.32 Å². The highest BCUT2D eigenvalue weighted by atomic mass is 35.5. The molecule has 0 aliphatic carbocycles. The molecule has 21 heavy (non-hydrogen) atoms. The summed E-state index contributed by atoms with van der Waals surface area (Å²) >= 11 is 6.23. The van der Waals surface area contributed by atoms with E-state index in [1.807, 2.05) is 6.92 Å². The summed E-state index contributed by atoms with van der Waals surface area (Å²) in [7, 11) is 0. The number of hydrogen-bond donors (Lipinski definition) is 1. The van der Waals surface area contributed by atoms with E-state index < -0.39 is 0 Å². The van der Waals surface area contributed by atoms with Crippen molar-refractivity contribution in [2.24, 2.45) is 0 Å². The van der Waals surface area contributed by atoms with Gasteiger partial charge in [0.1, 0.15) is 5.82 Å². The molecule has 0 saturated carbocycles. The highest BCUT2D eigenvalue weighted by Gasteiger charge is 2.14. The lowest BCUT2D eigenvalue weighted by Gasteiger charge is -2.20. The monoisotopic (exact) mass is 305 g/mol. The third kappa shape index (κ3) is 4.55. The van der Waals surface area contributed by atoms with Crippen LogP contribution in [0.2, 0.25) is 5.02 Å². The van der Waals surface area contributed by atoms with Crippen molar-refractivity contribution >= 4 is 11.6 Å². The molecule has 0 aliphatic rings. The molecule has 0 radical (unpaired) electrons. The molecule has 2 rings (SSSR count). The van der Waals surface area contributed by atoms with Gasteiger partial charge in [-0.3, -0.25) is 0 Å². The Kier molecular flexibility index (Phi) is 5.77. The van der Waals surface area contributed by atoms with Crippen LogP contribution in [0.15, 0.2) is 42.5 Å². The van der Waals surface area contributed by atoms with Crippen molar-refractivity contribution in [1.82, 2.24) is 5.32 Å². The SMILES string of the molecule is CCNC(CCc1cccc(C)c1)c1cc(F)ccc1Cl. The number of rotatable bonds is 6. The van der Waals surface area contributed by atoms with Gasteiger partial charge in [0.15, 0.2) is 0 Å². The molecule has 0 amide bonds. The summed E-state index contributed by atoms with van der Waals surface area (Å²) in [5, 5.41) is 4.02. The Bertz CT molecular complexity index is 598. The first kappa shape index (κ1) is 16.0. The molecule has 0 fully saturated rings. The van der Waals surface area contributed by atoms with E-state index in [0.29, 0.717) is 5.02 Å². The molecule has 0 heterocycles. The first-order chi connectivity index (χ1) is 10.1. The summed E-state index contributed by atoms with van der Waals surface area (Å²) in [5.41, 5.74) is 3.40. The molecule has 1 N–H and O–H groups in total. The molecule has 2 aromatic carbocycles. The predicted molar refractivity (Wildman–Crippen MR) is 87.3 cm³/mol. The lowest BCUT2D eigenvalue weighted by Crippen LogP contribution is -2.22. The van der Waals surface area contributed by atoms with E-state index in [4.69, 9.17) is 11.6 Å². The highest BCUT2D eigenvalue weighted by molar-refractivity contribution is 6.31. The molecule has 112 valence electrons. The summed E-state index contributed by atoms with van der Waals surface area (Å²) in [6.07, 6.45) is 1.83. The van der Waals surface area contributed by atoms with Gasteiger partial charge in [0.25, 0.3) is 0 Å². The third-order valence-corrected chi connectivity index (χ3v) is 3.93. The largest absolute Gasteiger partial charge is 0.310 e. The first-order valence-corrected chi connectivity index (χ1v) is 7.72. The minimum absolute atomic E-state index is 0.0683. The minimum atomic E-state index is -0.243. The molecule has 0 bridgehead atoms. The van der Waals surface area contributed by atoms with Crippen molar-refractivity contribution in [1.29, 1.82) is 0 Å². The quantitative estimate of drug-likeness (QED) is 0.785. The zero-order valence-electron chi connectivity index (χ0n) is 12.5. The lowest BCUT2D eigenvalue weighted by atomic mass is 9.98. The summed E-state index contributed by atoms with van der Waals surface area (Å²) in [5.74, 6) is -0.243. The van der Waals surface area contributed by atoms with Gasteiger partial charge in [0.2, 0.25) is 0 Å². The molecular formula is C18H21ClFN. The average molecular weight is 306 g/mol. The minimum Gasteiger partial charge on any atom is -0.310 e. The Morgan fingerprint density at radius 2 is 2.00 bits per heavy atom. The zero-order chi connectivity index (χ0) is 15.2. The summed E-state index contributed by atoms with van der Waals surface area (Å²) < 4.78 is 13.5. The fraction of sp³-hybridized carbons (Fsp3) is 0.333. The van der Waals surface area contributed by atoms with Gasteiger partial charge in [0.05, 0.1) is 0 Å². The summed E-state index contributed by atoms with van der Waals surface area (Å²) in [6, 6.07) is 13.1. The summed E-state index contributed by atoms with van der Waals surface area (Å²) in [4.78, 5) is 0. The number of aryl methyl sites for hydroxylation is 2. The van der Waals surface area contributed by atoms with Crippen LogP contribution in [0, 0.1) is 12.7 Å². The number of nitrogens with one attached hydrogen (secondary N) is 1. The molecule has 1 nitrogen and oxygen atoms in total. The van der Waals surface area contributed by atoms with Crippen LogP contribution in [0.25, 0.3) is 0 Å². The second kappa shape index (κ2) is 7.58. The molecule has 3 heteroatoms.